The molecule has 148 valence electrons. The van der Waals surface area contributed by atoms with Crippen LogP contribution in [0.3, 0.4) is 0 Å². The van der Waals surface area contributed by atoms with Crippen molar-refractivity contribution in [1.29, 1.82) is 0 Å². The molecule has 1 aromatic carbocycles. The zero-order valence-electron chi connectivity index (χ0n) is 17.4. The van der Waals surface area contributed by atoms with Crippen LogP contribution in [0.2, 0.25) is 0 Å². The number of aromatic nitrogens is 3. The summed E-state index contributed by atoms with van der Waals surface area (Å²) in [5.41, 5.74) is 5.70. The summed E-state index contributed by atoms with van der Waals surface area (Å²) in [6, 6.07) is 5.87. The van der Waals surface area contributed by atoms with Gasteiger partial charge in [-0.3, -0.25) is 14.3 Å². The third kappa shape index (κ3) is 3.40. The summed E-state index contributed by atoms with van der Waals surface area (Å²) < 4.78 is 12.6. The molecule has 0 fully saturated rings. The van der Waals surface area contributed by atoms with Crippen LogP contribution < -0.4 is 10.3 Å². The van der Waals surface area contributed by atoms with Crippen molar-refractivity contribution in [2.24, 2.45) is 0 Å². The molecule has 6 nitrogen and oxygen atoms in total. The van der Waals surface area contributed by atoms with Gasteiger partial charge < -0.3 is 9.47 Å². The summed E-state index contributed by atoms with van der Waals surface area (Å²) in [5, 5.41) is 0. The van der Waals surface area contributed by atoms with Gasteiger partial charge in [-0.25, -0.2) is 4.98 Å². The number of benzene rings is 1. The minimum absolute atomic E-state index is 0.0596. The fourth-order valence-electron chi connectivity index (χ4n) is 3.64. The number of fused-ring (bicyclic) bond motifs is 1. The maximum absolute atomic E-state index is 12.9. The number of hydrogen-bond donors (Lipinski definition) is 0. The summed E-state index contributed by atoms with van der Waals surface area (Å²) in [7, 11) is 3.32. The maximum atomic E-state index is 12.9. The molecule has 0 N–H and O–H groups in total. The molecule has 2 heterocycles. The molecule has 2 aromatic heterocycles. The molecule has 0 amide bonds. The van der Waals surface area contributed by atoms with Crippen LogP contribution in [0.5, 0.6) is 5.75 Å². The molecule has 0 unspecified atom stereocenters. The normalized spacial score (nSPS) is 12.4. The van der Waals surface area contributed by atoms with Crippen LogP contribution in [0.25, 0.3) is 22.3 Å². The molecule has 28 heavy (non-hydrogen) atoms. The molecule has 0 bridgehead atoms. The van der Waals surface area contributed by atoms with Gasteiger partial charge >= 0.3 is 0 Å². The minimum atomic E-state index is -0.0869. The molecule has 3 aromatic rings. The number of hydrogen-bond acceptors (Lipinski definition) is 5. The average molecular weight is 381 g/mol. The van der Waals surface area contributed by atoms with Gasteiger partial charge in [0, 0.05) is 18.9 Å². The second-order valence-corrected chi connectivity index (χ2v) is 7.05. The van der Waals surface area contributed by atoms with Gasteiger partial charge in [0.25, 0.3) is 5.56 Å². The molecule has 3 rings (SSSR count). The number of aryl methyl sites for hydroxylation is 3. The predicted molar refractivity (Wildman–Crippen MR) is 111 cm³/mol. The highest BCUT2D eigenvalue weighted by molar-refractivity contribution is 5.90. The van der Waals surface area contributed by atoms with Crippen LogP contribution in [0.15, 0.2) is 29.2 Å². The molecule has 0 spiro atoms. The first-order valence-electron chi connectivity index (χ1n) is 9.45. The summed E-state index contributed by atoms with van der Waals surface area (Å²) in [6.07, 6.45) is 2.52. The highest BCUT2D eigenvalue weighted by atomic mass is 16.5. The lowest BCUT2D eigenvalue weighted by Gasteiger charge is -2.21. The molecule has 0 radical (unpaired) electrons. The number of methoxy groups -OCH3 is 2. The average Bonchev–Trinajstić information content (AvgIpc) is 2.69. The highest BCUT2D eigenvalue weighted by Crippen LogP contribution is 2.32. The Morgan fingerprint density at radius 3 is 2.54 bits per heavy atom. The van der Waals surface area contributed by atoms with E-state index in [1.165, 1.54) is 0 Å². The zero-order chi connectivity index (χ0) is 20.4. The largest absolute Gasteiger partial charge is 0.496 e. The van der Waals surface area contributed by atoms with Crippen molar-refractivity contribution in [3.05, 3.63) is 51.6 Å². The second-order valence-electron chi connectivity index (χ2n) is 7.05. The van der Waals surface area contributed by atoms with E-state index in [-0.39, 0.29) is 11.6 Å². The third-order valence-electron chi connectivity index (χ3n) is 5.16. The van der Waals surface area contributed by atoms with E-state index in [0.29, 0.717) is 12.3 Å². The Bertz CT molecular complexity index is 1070. The van der Waals surface area contributed by atoms with Crippen LogP contribution in [-0.4, -0.2) is 35.4 Å². The number of nitrogens with zero attached hydrogens (tertiary/aromatic N) is 3. The van der Waals surface area contributed by atoms with Crippen LogP contribution in [0, 0.1) is 20.8 Å². The second kappa shape index (κ2) is 8.10. The van der Waals surface area contributed by atoms with Crippen molar-refractivity contribution in [2.75, 3.05) is 20.8 Å². The lowest BCUT2D eigenvalue weighted by molar-refractivity contribution is 0.153. The van der Waals surface area contributed by atoms with E-state index in [1.807, 2.05) is 26.0 Å². The Kier molecular flexibility index (Phi) is 5.79. The topological polar surface area (TPSA) is 66.2 Å². The molecule has 0 saturated heterocycles. The van der Waals surface area contributed by atoms with Gasteiger partial charge in [-0.2, -0.15) is 0 Å². The third-order valence-corrected chi connectivity index (χ3v) is 5.16. The zero-order valence-corrected chi connectivity index (χ0v) is 17.4. The SMILES string of the molecule is CC[C@@H](COC)n1c(=O)c(C)nc2c(-c3cc(C)c(OC)cc3C)nccc21. The van der Waals surface area contributed by atoms with Crippen LogP contribution in [0.1, 0.15) is 36.2 Å². The maximum Gasteiger partial charge on any atom is 0.272 e. The van der Waals surface area contributed by atoms with Crippen molar-refractivity contribution in [3.8, 4) is 17.0 Å². The van der Waals surface area contributed by atoms with E-state index in [4.69, 9.17) is 9.47 Å². The van der Waals surface area contributed by atoms with E-state index in [1.54, 1.807) is 31.9 Å². The Hall–Kier alpha value is -2.73. The molecule has 0 aliphatic rings. The quantitative estimate of drug-likeness (QED) is 0.646. The summed E-state index contributed by atoms with van der Waals surface area (Å²) in [5.74, 6) is 0.841. The minimum Gasteiger partial charge on any atom is -0.496 e. The fourth-order valence-corrected chi connectivity index (χ4v) is 3.64. The van der Waals surface area contributed by atoms with Crippen LogP contribution in [-0.2, 0) is 4.74 Å². The summed E-state index contributed by atoms with van der Waals surface area (Å²) in [4.78, 5) is 22.2. The van der Waals surface area contributed by atoms with Gasteiger partial charge in [0.05, 0.1) is 31.0 Å². The molecule has 0 saturated carbocycles. The number of pyridine rings is 1. The molecule has 0 aliphatic heterocycles. The Morgan fingerprint density at radius 1 is 1.14 bits per heavy atom. The number of rotatable bonds is 6. The number of ether oxygens (including phenoxy) is 2. The summed E-state index contributed by atoms with van der Waals surface area (Å²) in [6.45, 7) is 8.30. The van der Waals surface area contributed by atoms with E-state index in [9.17, 15) is 4.79 Å². The predicted octanol–water partition coefficient (Wildman–Crippen LogP) is 3.99. The van der Waals surface area contributed by atoms with Gasteiger partial charge in [-0.05, 0) is 56.5 Å². The Labute approximate surface area is 165 Å². The molecule has 0 aliphatic carbocycles. The van der Waals surface area contributed by atoms with Gasteiger partial charge in [-0.15, -0.1) is 0 Å². The van der Waals surface area contributed by atoms with E-state index < -0.39 is 0 Å². The van der Waals surface area contributed by atoms with Crippen LogP contribution in [0.4, 0.5) is 0 Å². The Balaban J connectivity index is 2.35. The van der Waals surface area contributed by atoms with E-state index >= 15 is 0 Å². The van der Waals surface area contributed by atoms with Crippen molar-refractivity contribution < 1.29 is 9.47 Å². The van der Waals surface area contributed by atoms with Gasteiger partial charge in [0.2, 0.25) is 0 Å². The Morgan fingerprint density at radius 2 is 1.89 bits per heavy atom. The smallest absolute Gasteiger partial charge is 0.272 e. The van der Waals surface area contributed by atoms with E-state index in [2.05, 4.69) is 23.0 Å². The van der Waals surface area contributed by atoms with Gasteiger partial charge in [-0.1, -0.05) is 6.92 Å². The summed E-state index contributed by atoms with van der Waals surface area (Å²) >= 11 is 0. The molecule has 1 atom stereocenters. The monoisotopic (exact) mass is 381 g/mol. The first-order valence-corrected chi connectivity index (χ1v) is 9.45. The fraction of sp³-hybridized carbons (Fsp3) is 0.409. The van der Waals surface area contributed by atoms with Crippen molar-refractivity contribution in [1.82, 2.24) is 14.5 Å². The van der Waals surface area contributed by atoms with Crippen LogP contribution >= 0.6 is 0 Å². The standard InChI is InChI=1S/C22H27N3O3/c1-7-16(12-27-5)25-18-8-9-23-20(21(18)24-15(4)22(25)26)17-10-14(3)19(28-6)11-13(17)2/h8-11,16H,7,12H2,1-6H3/t16-/m0/s1. The van der Waals surface area contributed by atoms with Crippen molar-refractivity contribution >= 4 is 11.0 Å². The highest BCUT2D eigenvalue weighted by Gasteiger charge is 2.20. The van der Waals surface area contributed by atoms with Gasteiger partial charge in [0.1, 0.15) is 17.0 Å². The lowest BCUT2D eigenvalue weighted by Crippen LogP contribution is -2.30. The first-order chi connectivity index (χ1) is 13.4. The van der Waals surface area contributed by atoms with Gasteiger partial charge in [0.15, 0.2) is 0 Å². The first kappa shape index (κ1) is 20.0. The molecular weight excluding hydrogens is 354 g/mol. The van der Waals surface area contributed by atoms with Crippen molar-refractivity contribution in [3.63, 3.8) is 0 Å². The van der Waals surface area contributed by atoms with Crippen molar-refractivity contribution in [2.45, 2.75) is 40.2 Å². The molecule has 6 heteroatoms. The van der Waals surface area contributed by atoms with E-state index in [0.717, 1.165) is 45.6 Å². The lowest BCUT2D eigenvalue weighted by atomic mass is 10.00. The molecular formula is C22H27N3O3.